The van der Waals surface area contributed by atoms with E-state index in [4.69, 9.17) is 4.74 Å². The van der Waals surface area contributed by atoms with Crippen molar-refractivity contribution < 1.29 is 18.7 Å². The van der Waals surface area contributed by atoms with Crippen molar-refractivity contribution in [3.63, 3.8) is 0 Å². The number of aryl methyl sites for hydroxylation is 1. The minimum Gasteiger partial charge on any atom is -0.379 e. The fraction of sp³-hybridized carbons (Fsp3) is 0.500. The van der Waals surface area contributed by atoms with Gasteiger partial charge in [-0.3, -0.25) is 14.5 Å². The number of carbonyl (C=O) groups excluding carboxylic acids is 2. The van der Waals surface area contributed by atoms with Crippen LogP contribution in [0.4, 0.5) is 10.1 Å². The number of ether oxygens (including phenoxy) is 1. The second-order valence-corrected chi connectivity index (χ2v) is 5.48. The van der Waals surface area contributed by atoms with Crippen LogP contribution in [0.3, 0.4) is 0 Å². The van der Waals surface area contributed by atoms with Crippen LogP contribution in [-0.2, 0) is 14.3 Å². The standard InChI is InChI=1S/C16H22FN3O3/c1-12-11-13(17)3-4-14(12)19-16(22)15(21)18-5-2-6-20-7-9-23-10-8-20/h3-4,11H,2,5-10H2,1H3,(H,18,21)(H,19,22). The SMILES string of the molecule is Cc1cc(F)ccc1NC(=O)C(=O)NCCCN1CCOCC1. The first kappa shape index (κ1) is 17.4. The van der Waals surface area contributed by atoms with Crippen molar-refractivity contribution in [2.45, 2.75) is 13.3 Å². The van der Waals surface area contributed by atoms with Gasteiger partial charge >= 0.3 is 11.8 Å². The highest BCUT2D eigenvalue weighted by atomic mass is 19.1. The molecule has 2 N–H and O–H groups in total. The van der Waals surface area contributed by atoms with E-state index in [1.165, 1.54) is 18.2 Å². The van der Waals surface area contributed by atoms with Crippen molar-refractivity contribution in [3.8, 4) is 0 Å². The van der Waals surface area contributed by atoms with E-state index in [9.17, 15) is 14.0 Å². The van der Waals surface area contributed by atoms with Gasteiger partial charge in [-0.05, 0) is 43.7 Å². The van der Waals surface area contributed by atoms with Crippen molar-refractivity contribution in [2.24, 2.45) is 0 Å². The van der Waals surface area contributed by atoms with Crippen LogP contribution in [0.1, 0.15) is 12.0 Å². The molecule has 6 nitrogen and oxygen atoms in total. The fourth-order valence-corrected chi connectivity index (χ4v) is 2.36. The third-order valence-corrected chi connectivity index (χ3v) is 3.68. The average molecular weight is 323 g/mol. The summed E-state index contributed by atoms with van der Waals surface area (Å²) in [5.74, 6) is -1.81. The van der Waals surface area contributed by atoms with E-state index in [2.05, 4.69) is 15.5 Å². The molecule has 0 atom stereocenters. The zero-order chi connectivity index (χ0) is 16.7. The van der Waals surface area contributed by atoms with E-state index in [1.54, 1.807) is 6.92 Å². The van der Waals surface area contributed by atoms with Gasteiger partial charge < -0.3 is 15.4 Å². The van der Waals surface area contributed by atoms with Gasteiger partial charge in [0.25, 0.3) is 0 Å². The third-order valence-electron chi connectivity index (χ3n) is 3.68. The monoisotopic (exact) mass is 323 g/mol. The van der Waals surface area contributed by atoms with Crippen LogP contribution in [0, 0.1) is 12.7 Å². The summed E-state index contributed by atoms with van der Waals surface area (Å²) in [6.45, 7) is 6.25. The summed E-state index contributed by atoms with van der Waals surface area (Å²) >= 11 is 0. The van der Waals surface area contributed by atoms with Crippen LogP contribution in [0.2, 0.25) is 0 Å². The Kier molecular flexibility index (Phi) is 6.49. The van der Waals surface area contributed by atoms with Gasteiger partial charge in [-0.1, -0.05) is 0 Å². The highest BCUT2D eigenvalue weighted by Crippen LogP contribution is 2.15. The van der Waals surface area contributed by atoms with E-state index < -0.39 is 11.8 Å². The second kappa shape index (κ2) is 8.59. The van der Waals surface area contributed by atoms with E-state index >= 15 is 0 Å². The van der Waals surface area contributed by atoms with Crippen LogP contribution in [-0.4, -0.2) is 56.1 Å². The average Bonchev–Trinajstić information content (AvgIpc) is 2.55. The molecule has 0 saturated carbocycles. The van der Waals surface area contributed by atoms with E-state index in [0.717, 1.165) is 39.3 Å². The van der Waals surface area contributed by atoms with E-state index in [1.807, 2.05) is 0 Å². The highest BCUT2D eigenvalue weighted by molar-refractivity contribution is 6.39. The molecular weight excluding hydrogens is 301 g/mol. The predicted octanol–water partition coefficient (Wildman–Crippen LogP) is 0.911. The molecule has 0 radical (unpaired) electrons. The molecule has 7 heteroatoms. The molecule has 1 aromatic rings. The number of benzene rings is 1. The van der Waals surface area contributed by atoms with Crippen LogP contribution in [0.25, 0.3) is 0 Å². The summed E-state index contributed by atoms with van der Waals surface area (Å²) in [5, 5.41) is 5.07. The number of amides is 2. The van der Waals surface area contributed by atoms with Crippen LogP contribution in [0.5, 0.6) is 0 Å². The largest absolute Gasteiger partial charge is 0.379 e. The predicted molar refractivity (Wildman–Crippen MR) is 84.7 cm³/mol. The Labute approximate surface area is 135 Å². The quantitative estimate of drug-likeness (QED) is 0.624. The molecule has 1 heterocycles. The van der Waals surface area contributed by atoms with Gasteiger partial charge in [0.05, 0.1) is 13.2 Å². The molecule has 1 saturated heterocycles. The minimum absolute atomic E-state index is 0.381. The second-order valence-electron chi connectivity index (χ2n) is 5.48. The maximum absolute atomic E-state index is 13.0. The first-order chi connectivity index (χ1) is 11.1. The molecule has 0 unspecified atom stereocenters. The van der Waals surface area contributed by atoms with Gasteiger partial charge in [0, 0.05) is 25.3 Å². The van der Waals surface area contributed by atoms with E-state index in [-0.39, 0.29) is 5.82 Å². The van der Waals surface area contributed by atoms with Crippen molar-refractivity contribution in [3.05, 3.63) is 29.6 Å². The maximum atomic E-state index is 13.0. The lowest BCUT2D eigenvalue weighted by Gasteiger charge is -2.26. The van der Waals surface area contributed by atoms with Crippen molar-refractivity contribution in [1.29, 1.82) is 0 Å². The normalized spacial score (nSPS) is 15.2. The third kappa shape index (κ3) is 5.61. The molecule has 0 spiro atoms. The van der Waals surface area contributed by atoms with Gasteiger partial charge in [-0.2, -0.15) is 0 Å². The number of carbonyl (C=O) groups is 2. The molecular formula is C16H22FN3O3. The summed E-state index contributed by atoms with van der Waals surface area (Å²) in [6.07, 6.45) is 0.772. The summed E-state index contributed by atoms with van der Waals surface area (Å²) < 4.78 is 18.3. The number of hydrogen-bond donors (Lipinski definition) is 2. The molecule has 2 amide bonds. The minimum atomic E-state index is -0.744. The summed E-state index contributed by atoms with van der Waals surface area (Å²) in [5.41, 5.74) is 0.998. The Morgan fingerprint density at radius 1 is 1.26 bits per heavy atom. The molecule has 2 rings (SSSR count). The maximum Gasteiger partial charge on any atom is 0.313 e. The van der Waals surface area contributed by atoms with Gasteiger partial charge in [-0.25, -0.2) is 4.39 Å². The van der Waals surface area contributed by atoms with Gasteiger partial charge in [0.2, 0.25) is 0 Å². The van der Waals surface area contributed by atoms with Gasteiger partial charge in [-0.15, -0.1) is 0 Å². The number of morpholine rings is 1. The zero-order valence-electron chi connectivity index (χ0n) is 13.2. The summed E-state index contributed by atoms with van der Waals surface area (Å²) in [6, 6.07) is 3.98. The zero-order valence-corrected chi connectivity index (χ0v) is 13.2. The van der Waals surface area contributed by atoms with E-state index in [0.29, 0.717) is 17.8 Å². The van der Waals surface area contributed by atoms with Crippen LogP contribution >= 0.6 is 0 Å². The summed E-state index contributed by atoms with van der Waals surface area (Å²) in [7, 11) is 0. The fourth-order valence-electron chi connectivity index (χ4n) is 2.36. The molecule has 126 valence electrons. The van der Waals surface area contributed by atoms with Crippen molar-refractivity contribution >= 4 is 17.5 Å². The topological polar surface area (TPSA) is 70.7 Å². The first-order valence-electron chi connectivity index (χ1n) is 7.71. The molecule has 0 bridgehead atoms. The Hall–Kier alpha value is -1.99. The lowest BCUT2D eigenvalue weighted by atomic mass is 10.2. The first-order valence-corrected chi connectivity index (χ1v) is 7.71. The molecule has 1 aromatic carbocycles. The Morgan fingerprint density at radius 3 is 2.70 bits per heavy atom. The number of halogens is 1. The molecule has 23 heavy (non-hydrogen) atoms. The number of hydrogen-bond acceptors (Lipinski definition) is 4. The van der Waals surface area contributed by atoms with Crippen molar-refractivity contribution in [1.82, 2.24) is 10.2 Å². The Bertz CT molecular complexity index is 560. The summed E-state index contributed by atoms with van der Waals surface area (Å²) in [4.78, 5) is 25.8. The Balaban J connectivity index is 1.69. The number of anilines is 1. The molecule has 0 aromatic heterocycles. The lowest BCUT2D eigenvalue weighted by Crippen LogP contribution is -2.39. The van der Waals surface area contributed by atoms with Gasteiger partial charge in [0.1, 0.15) is 5.82 Å². The van der Waals surface area contributed by atoms with Crippen LogP contribution in [0.15, 0.2) is 18.2 Å². The number of rotatable bonds is 5. The molecule has 1 aliphatic rings. The number of nitrogens with zero attached hydrogens (tertiary/aromatic N) is 1. The number of nitrogens with one attached hydrogen (secondary N) is 2. The van der Waals surface area contributed by atoms with Crippen LogP contribution < -0.4 is 10.6 Å². The smallest absolute Gasteiger partial charge is 0.313 e. The lowest BCUT2D eigenvalue weighted by molar-refractivity contribution is -0.136. The highest BCUT2D eigenvalue weighted by Gasteiger charge is 2.15. The Morgan fingerprint density at radius 2 is 2.00 bits per heavy atom. The molecule has 0 aliphatic carbocycles. The van der Waals surface area contributed by atoms with Gasteiger partial charge in [0.15, 0.2) is 0 Å². The molecule has 1 fully saturated rings. The molecule has 1 aliphatic heterocycles. The van der Waals surface area contributed by atoms with Crippen molar-refractivity contribution in [2.75, 3.05) is 44.7 Å².